The maximum Gasteiger partial charge on any atom is 0.339 e. The van der Waals surface area contributed by atoms with Crippen molar-refractivity contribution in [2.24, 2.45) is 0 Å². The Hall–Kier alpha value is -2.89. The van der Waals surface area contributed by atoms with E-state index in [4.69, 9.17) is 9.47 Å². The molecule has 0 radical (unpaired) electrons. The maximum absolute atomic E-state index is 12.4. The average Bonchev–Trinajstić information content (AvgIpc) is 2.61. The van der Waals surface area contributed by atoms with Crippen molar-refractivity contribution in [2.75, 3.05) is 7.11 Å². The Balaban J connectivity index is 1.69. The van der Waals surface area contributed by atoms with Gasteiger partial charge in [-0.3, -0.25) is 9.78 Å². The molecule has 1 atom stereocenters. The quantitative estimate of drug-likeness (QED) is 0.863. The highest BCUT2D eigenvalue weighted by Crippen LogP contribution is 2.24. The molecular formula is C19H20N2O4. The third-order valence-electron chi connectivity index (χ3n) is 4.36. The van der Waals surface area contributed by atoms with Crippen LogP contribution in [0.4, 0.5) is 0 Å². The largest absolute Gasteiger partial charge is 0.496 e. The monoisotopic (exact) mass is 340 g/mol. The van der Waals surface area contributed by atoms with Crippen LogP contribution >= 0.6 is 0 Å². The number of hydrogen-bond acceptors (Lipinski definition) is 5. The van der Waals surface area contributed by atoms with E-state index < -0.39 is 12.1 Å². The van der Waals surface area contributed by atoms with E-state index in [0.717, 1.165) is 28.1 Å². The number of pyridine rings is 1. The summed E-state index contributed by atoms with van der Waals surface area (Å²) in [6.07, 6.45) is 1.26. The first-order valence-electron chi connectivity index (χ1n) is 8.07. The van der Waals surface area contributed by atoms with Gasteiger partial charge >= 0.3 is 5.97 Å². The van der Waals surface area contributed by atoms with E-state index in [1.54, 1.807) is 25.4 Å². The number of ether oxygens (including phenoxy) is 2. The Morgan fingerprint density at radius 3 is 2.88 bits per heavy atom. The Labute approximate surface area is 146 Å². The molecule has 1 aromatic heterocycles. The smallest absolute Gasteiger partial charge is 0.339 e. The van der Waals surface area contributed by atoms with Gasteiger partial charge in [0.25, 0.3) is 5.91 Å². The predicted molar refractivity (Wildman–Crippen MR) is 91.5 cm³/mol. The summed E-state index contributed by atoms with van der Waals surface area (Å²) in [5, 5.41) is 2.80. The molecule has 6 heteroatoms. The zero-order valence-corrected chi connectivity index (χ0v) is 14.5. The number of hydrogen-bond donors (Lipinski definition) is 1. The molecule has 0 bridgehead atoms. The van der Waals surface area contributed by atoms with Crippen LogP contribution in [-0.2, 0) is 22.5 Å². The first kappa shape index (κ1) is 17.0. The second kappa shape index (κ2) is 6.93. The van der Waals surface area contributed by atoms with Crippen LogP contribution in [0.1, 0.15) is 32.7 Å². The number of aromatic nitrogens is 1. The first-order chi connectivity index (χ1) is 12.0. The predicted octanol–water partition coefficient (Wildman–Crippen LogP) is 2.10. The van der Waals surface area contributed by atoms with Gasteiger partial charge in [0.05, 0.1) is 24.9 Å². The van der Waals surface area contributed by atoms with Gasteiger partial charge < -0.3 is 14.8 Å². The SMILES string of the molecule is COc1c(C)cnc(CNC(=O)C2Cc3ccccc3C(=O)O2)c1C. The molecule has 2 heterocycles. The van der Waals surface area contributed by atoms with E-state index in [0.29, 0.717) is 12.0 Å². The molecule has 2 aromatic rings. The number of carbonyl (C=O) groups is 2. The summed E-state index contributed by atoms with van der Waals surface area (Å²) in [5.74, 6) is -0.0332. The molecule has 6 nitrogen and oxygen atoms in total. The molecule has 0 saturated heterocycles. The Kier molecular flexibility index (Phi) is 4.70. The Morgan fingerprint density at radius 2 is 2.12 bits per heavy atom. The number of rotatable bonds is 4. The van der Waals surface area contributed by atoms with Crippen molar-refractivity contribution in [3.63, 3.8) is 0 Å². The van der Waals surface area contributed by atoms with Crippen LogP contribution in [0.3, 0.4) is 0 Å². The summed E-state index contributed by atoms with van der Waals surface area (Å²) in [6.45, 7) is 4.06. The number of methoxy groups -OCH3 is 1. The van der Waals surface area contributed by atoms with Crippen LogP contribution in [0.5, 0.6) is 5.75 Å². The fraction of sp³-hybridized carbons (Fsp3) is 0.316. The van der Waals surface area contributed by atoms with E-state index in [1.807, 2.05) is 26.0 Å². The van der Waals surface area contributed by atoms with Gasteiger partial charge in [0.1, 0.15) is 5.75 Å². The molecule has 25 heavy (non-hydrogen) atoms. The van der Waals surface area contributed by atoms with Gasteiger partial charge in [-0.05, 0) is 25.5 Å². The third kappa shape index (κ3) is 3.33. The summed E-state index contributed by atoms with van der Waals surface area (Å²) in [6, 6.07) is 7.17. The molecule has 0 saturated carbocycles. The number of aryl methyl sites for hydroxylation is 1. The first-order valence-corrected chi connectivity index (χ1v) is 8.07. The number of nitrogens with one attached hydrogen (secondary N) is 1. The average molecular weight is 340 g/mol. The zero-order valence-electron chi connectivity index (χ0n) is 14.5. The van der Waals surface area contributed by atoms with Gasteiger partial charge in [0, 0.05) is 23.7 Å². The van der Waals surface area contributed by atoms with Crippen molar-refractivity contribution in [3.8, 4) is 5.75 Å². The molecule has 1 unspecified atom stereocenters. The fourth-order valence-electron chi connectivity index (χ4n) is 3.01. The molecule has 1 amide bonds. The fourth-order valence-corrected chi connectivity index (χ4v) is 3.01. The summed E-state index contributed by atoms with van der Waals surface area (Å²) >= 11 is 0. The standard InChI is InChI=1S/C19H20N2O4/c1-11-9-20-15(12(2)17(11)24-3)10-21-18(22)16-8-13-6-4-5-7-14(13)19(23)25-16/h4-7,9,16H,8,10H2,1-3H3,(H,21,22). The minimum absolute atomic E-state index is 0.247. The highest BCUT2D eigenvalue weighted by molar-refractivity contribution is 5.95. The molecule has 1 aromatic carbocycles. The molecule has 0 fully saturated rings. The minimum atomic E-state index is -0.824. The van der Waals surface area contributed by atoms with E-state index in [9.17, 15) is 9.59 Å². The van der Waals surface area contributed by atoms with Crippen molar-refractivity contribution < 1.29 is 19.1 Å². The second-order valence-electron chi connectivity index (χ2n) is 6.02. The number of benzene rings is 1. The minimum Gasteiger partial charge on any atom is -0.496 e. The summed E-state index contributed by atoms with van der Waals surface area (Å²) in [7, 11) is 1.61. The number of fused-ring (bicyclic) bond motifs is 1. The van der Waals surface area contributed by atoms with Crippen molar-refractivity contribution in [1.82, 2.24) is 10.3 Å². The van der Waals surface area contributed by atoms with E-state index >= 15 is 0 Å². The molecular weight excluding hydrogens is 320 g/mol. The number of esters is 1. The Morgan fingerprint density at radius 1 is 1.36 bits per heavy atom. The molecule has 1 aliphatic rings. The van der Waals surface area contributed by atoms with Crippen molar-refractivity contribution in [3.05, 3.63) is 58.4 Å². The van der Waals surface area contributed by atoms with Gasteiger partial charge in [0.2, 0.25) is 0 Å². The lowest BCUT2D eigenvalue weighted by Gasteiger charge is -2.24. The van der Waals surface area contributed by atoms with Crippen LogP contribution in [0.2, 0.25) is 0 Å². The van der Waals surface area contributed by atoms with E-state index in [-0.39, 0.29) is 12.5 Å². The van der Waals surface area contributed by atoms with E-state index in [2.05, 4.69) is 10.3 Å². The maximum atomic E-state index is 12.4. The zero-order chi connectivity index (χ0) is 18.0. The van der Waals surface area contributed by atoms with Crippen LogP contribution in [0, 0.1) is 13.8 Å². The number of carbonyl (C=O) groups excluding carboxylic acids is 2. The summed E-state index contributed by atoms with van der Waals surface area (Å²) < 4.78 is 10.6. The molecule has 1 aliphatic heterocycles. The molecule has 3 rings (SSSR count). The molecule has 0 spiro atoms. The van der Waals surface area contributed by atoms with Gasteiger partial charge in [-0.1, -0.05) is 18.2 Å². The molecule has 130 valence electrons. The molecule has 1 N–H and O–H groups in total. The lowest BCUT2D eigenvalue weighted by molar-refractivity contribution is -0.130. The van der Waals surface area contributed by atoms with E-state index in [1.165, 1.54) is 0 Å². The lowest BCUT2D eigenvalue weighted by atomic mass is 9.98. The molecule has 0 aliphatic carbocycles. The normalized spacial score (nSPS) is 16.0. The number of nitrogens with zero attached hydrogens (tertiary/aromatic N) is 1. The van der Waals surface area contributed by atoms with Crippen LogP contribution in [0.15, 0.2) is 30.5 Å². The van der Waals surface area contributed by atoms with Crippen LogP contribution in [-0.4, -0.2) is 30.1 Å². The summed E-state index contributed by atoms with van der Waals surface area (Å²) in [4.78, 5) is 28.8. The number of amides is 1. The highest BCUT2D eigenvalue weighted by atomic mass is 16.5. The van der Waals surface area contributed by atoms with Crippen molar-refractivity contribution >= 4 is 11.9 Å². The number of cyclic esters (lactones) is 1. The van der Waals surface area contributed by atoms with Gasteiger partial charge in [-0.2, -0.15) is 0 Å². The second-order valence-corrected chi connectivity index (χ2v) is 6.02. The highest BCUT2D eigenvalue weighted by Gasteiger charge is 2.31. The summed E-state index contributed by atoms with van der Waals surface area (Å²) in [5.41, 5.74) is 3.89. The lowest BCUT2D eigenvalue weighted by Crippen LogP contribution is -2.41. The van der Waals surface area contributed by atoms with Crippen LogP contribution < -0.4 is 10.1 Å². The van der Waals surface area contributed by atoms with Crippen molar-refractivity contribution in [1.29, 1.82) is 0 Å². The third-order valence-corrected chi connectivity index (χ3v) is 4.36. The van der Waals surface area contributed by atoms with Gasteiger partial charge in [0.15, 0.2) is 6.10 Å². The van der Waals surface area contributed by atoms with Gasteiger partial charge in [-0.15, -0.1) is 0 Å². The van der Waals surface area contributed by atoms with Crippen molar-refractivity contribution in [2.45, 2.75) is 32.9 Å². The topological polar surface area (TPSA) is 77.5 Å². The van der Waals surface area contributed by atoms with Crippen LogP contribution in [0.25, 0.3) is 0 Å². The van der Waals surface area contributed by atoms with Gasteiger partial charge in [-0.25, -0.2) is 4.79 Å². The Bertz CT molecular complexity index is 832.